The Morgan fingerprint density at radius 3 is 2.67 bits per heavy atom. The zero-order valence-electron chi connectivity index (χ0n) is 12.0. The van der Waals surface area contributed by atoms with Crippen molar-refractivity contribution in [3.05, 3.63) is 29.0 Å². The molecule has 0 fully saturated rings. The fraction of sp³-hybridized carbons (Fsp3) is 0.467. The number of carbonyl (C=O) groups excluding carboxylic acids is 1. The standard InChI is InChI=1S/C15H20ClFN2OS/c1-2-3-4-5-6-7-14(20)19-15(21)18-11-8-9-13(17)12(16)10-11/h8-10H,2-7H2,1H3,(H2,18,19,20,21). The van der Waals surface area contributed by atoms with E-state index in [1.807, 2.05) is 0 Å². The van der Waals surface area contributed by atoms with Gasteiger partial charge in [0, 0.05) is 12.1 Å². The first-order valence-electron chi connectivity index (χ1n) is 7.08. The van der Waals surface area contributed by atoms with E-state index < -0.39 is 5.82 Å². The van der Waals surface area contributed by atoms with Gasteiger partial charge in [-0.2, -0.15) is 0 Å². The third kappa shape index (κ3) is 7.39. The van der Waals surface area contributed by atoms with Crippen LogP contribution in [0.3, 0.4) is 0 Å². The summed E-state index contributed by atoms with van der Waals surface area (Å²) in [5.41, 5.74) is 0.537. The number of amides is 1. The maximum atomic E-state index is 13.0. The lowest BCUT2D eigenvalue weighted by Gasteiger charge is -2.10. The Morgan fingerprint density at radius 1 is 1.29 bits per heavy atom. The first kappa shape index (κ1) is 17.9. The zero-order valence-corrected chi connectivity index (χ0v) is 13.6. The van der Waals surface area contributed by atoms with Gasteiger partial charge in [-0.05, 0) is 36.8 Å². The second-order valence-electron chi connectivity index (χ2n) is 4.80. The van der Waals surface area contributed by atoms with Crippen LogP contribution in [0.25, 0.3) is 0 Å². The quantitative estimate of drug-likeness (QED) is 0.564. The van der Waals surface area contributed by atoms with Crippen molar-refractivity contribution in [2.24, 2.45) is 0 Å². The molecule has 0 bridgehead atoms. The fourth-order valence-corrected chi connectivity index (χ4v) is 2.23. The average molecular weight is 331 g/mol. The van der Waals surface area contributed by atoms with Crippen molar-refractivity contribution in [3.8, 4) is 0 Å². The van der Waals surface area contributed by atoms with Crippen LogP contribution in [-0.4, -0.2) is 11.0 Å². The maximum Gasteiger partial charge on any atom is 0.226 e. The minimum Gasteiger partial charge on any atom is -0.332 e. The Bertz CT molecular complexity index is 497. The Labute approximate surface area is 135 Å². The second-order valence-corrected chi connectivity index (χ2v) is 5.61. The number of rotatable bonds is 7. The first-order valence-corrected chi connectivity index (χ1v) is 7.87. The van der Waals surface area contributed by atoms with Gasteiger partial charge >= 0.3 is 0 Å². The van der Waals surface area contributed by atoms with Crippen LogP contribution in [0.15, 0.2) is 18.2 Å². The Hall–Kier alpha value is -1.20. The molecule has 0 spiro atoms. The lowest BCUT2D eigenvalue weighted by atomic mass is 10.1. The number of thiocarbonyl (C=S) groups is 1. The fourth-order valence-electron chi connectivity index (χ4n) is 1.81. The number of carbonyl (C=O) groups is 1. The molecule has 116 valence electrons. The summed E-state index contributed by atoms with van der Waals surface area (Å²) in [7, 11) is 0. The SMILES string of the molecule is CCCCCCCC(=O)NC(=S)Nc1ccc(F)c(Cl)c1. The van der Waals surface area contributed by atoms with Gasteiger partial charge in [-0.25, -0.2) is 4.39 Å². The molecule has 0 saturated carbocycles. The van der Waals surface area contributed by atoms with E-state index in [0.717, 1.165) is 19.3 Å². The smallest absolute Gasteiger partial charge is 0.226 e. The van der Waals surface area contributed by atoms with Crippen LogP contribution in [-0.2, 0) is 4.79 Å². The number of unbranched alkanes of at least 4 members (excludes halogenated alkanes) is 4. The highest BCUT2D eigenvalue weighted by Crippen LogP contribution is 2.19. The molecular weight excluding hydrogens is 311 g/mol. The van der Waals surface area contributed by atoms with Crippen molar-refractivity contribution in [2.45, 2.75) is 45.4 Å². The Balaban J connectivity index is 2.29. The molecule has 1 amide bonds. The largest absolute Gasteiger partial charge is 0.332 e. The lowest BCUT2D eigenvalue weighted by molar-refractivity contribution is -0.119. The molecule has 0 atom stereocenters. The van der Waals surface area contributed by atoms with Crippen molar-refractivity contribution in [1.29, 1.82) is 0 Å². The number of halogens is 2. The van der Waals surface area contributed by atoms with Gasteiger partial charge in [0.25, 0.3) is 0 Å². The minimum atomic E-state index is -0.496. The van der Waals surface area contributed by atoms with Crippen molar-refractivity contribution >= 4 is 40.5 Å². The van der Waals surface area contributed by atoms with E-state index in [4.69, 9.17) is 23.8 Å². The summed E-state index contributed by atoms with van der Waals surface area (Å²) in [6, 6.07) is 4.16. The number of hydrogen-bond donors (Lipinski definition) is 2. The van der Waals surface area contributed by atoms with E-state index in [-0.39, 0.29) is 16.0 Å². The molecule has 0 heterocycles. The van der Waals surface area contributed by atoms with Crippen molar-refractivity contribution in [3.63, 3.8) is 0 Å². The normalized spacial score (nSPS) is 10.2. The molecule has 0 unspecified atom stereocenters. The first-order chi connectivity index (χ1) is 10.0. The van der Waals surface area contributed by atoms with E-state index in [9.17, 15) is 9.18 Å². The molecule has 0 aliphatic rings. The topological polar surface area (TPSA) is 41.1 Å². The molecule has 1 aromatic carbocycles. The van der Waals surface area contributed by atoms with Crippen LogP contribution in [0.1, 0.15) is 45.4 Å². The van der Waals surface area contributed by atoms with Crippen LogP contribution in [0.4, 0.5) is 10.1 Å². The lowest BCUT2D eigenvalue weighted by Crippen LogP contribution is -2.33. The number of benzene rings is 1. The highest BCUT2D eigenvalue weighted by atomic mass is 35.5. The summed E-state index contributed by atoms with van der Waals surface area (Å²) in [5.74, 6) is -0.610. The zero-order chi connectivity index (χ0) is 15.7. The van der Waals surface area contributed by atoms with E-state index in [0.29, 0.717) is 12.1 Å². The van der Waals surface area contributed by atoms with E-state index in [2.05, 4.69) is 17.6 Å². The van der Waals surface area contributed by atoms with E-state index >= 15 is 0 Å². The number of anilines is 1. The molecule has 2 N–H and O–H groups in total. The van der Waals surface area contributed by atoms with Crippen molar-refractivity contribution in [2.75, 3.05) is 5.32 Å². The molecule has 1 aromatic rings. The highest BCUT2D eigenvalue weighted by Gasteiger charge is 2.06. The minimum absolute atomic E-state index is 0.00468. The van der Waals surface area contributed by atoms with Crippen LogP contribution >= 0.6 is 23.8 Å². The molecule has 6 heteroatoms. The summed E-state index contributed by atoms with van der Waals surface area (Å²) in [4.78, 5) is 11.7. The predicted molar refractivity (Wildman–Crippen MR) is 89.1 cm³/mol. The molecule has 0 radical (unpaired) electrons. The van der Waals surface area contributed by atoms with Gasteiger partial charge in [0.1, 0.15) is 5.82 Å². The summed E-state index contributed by atoms with van der Waals surface area (Å²) >= 11 is 10.7. The maximum absolute atomic E-state index is 13.0. The summed E-state index contributed by atoms with van der Waals surface area (Å²) in [6.45, 7) is 2.15. The highest BCUT2D eigenvalue weighted by molar-refractivity contribution is 7.80. The molecule has 3 nitrogen and oxygen atoms in total. The van der Waals surface area contributed by atoms with Gasteiger partial charge in [-0.1, -0.05) is 44.2 Å². The van der Waals surface area contributed by atoms with Gasteiger partial charge in [-0.15, -0.1) is 0 Å². The summed E-state index contributed by atoms with van der Waals surface area (Å²) < 4.78 is 13.0. The van der Waals surface area contributed by atoms with Gasteiger partial charge < -0.3 is 10.6 Å². The monoisotopic (exact) mass is 330 g/mol. The average Bonchev–Trinajstić information content (AvgIpc) is 2.42. The molecule has 0 aliphatic heterocycles. The number of nitrogens with one attached hydrogen (secondary N) is 2. The van der Waals surface area contributed by atoms with Gasteiger partial charge in [-0.3, -0.25) is 4.79 Å². The van der Waals surface area contributed by atoms with Crippen molar-refractivity contribution in [1.82, 2.24) is 5.32 Å². The van der Waals surface area contributed by atoms with Crippen LogP contribution < -0.4 is 10.6 Å². The van der Waals surface area contributed by atoms with Gasteiger partial charge in [0.05, 0.1) is 5.02 Å². The van der Waals surface area contributed by atoms with Crippen LogP contribution in [0.5, 0.6) is 0 Å². The Kier molecular flexibility index (Phi) is 8.23. The molecular formula is C15H20ClFN2OS. The molecule has 0 aliphatic carbocycles. The van der Waals surface area contributed by atoms with Gasteiger partial charge in [0.15, 0.2) is 5.11 Å². The van der Waals surface area contributed by atoms with Crippen molar-refractivity contribution < 1.29 is 9.18 Å². The third-order valence-electron chi connectivity index (χ3n) is 2.94. The number of hydrogen-bond acceptors (Lipinski definition) is 2. The van der Waals surface area contributed by atoms with E-state index in [1.54, 1.807) is 0 Å². The third-order valence-corrected chi connectivity index (χ3v) is 3.43. The predicted octanol–water partition coefficient (Wildman–Crippen LogP) is 4.65. The summed E-state index contributed by atoms with van der Waals surface area (Å²) in [5, 5.41) is 5.59. The molecule has 0 saturated heterocycles. The van der Waals surface area contributed by atoms with Gasteiger partial charge in [0.2, 0.25) is 5.91 Å². The molecule has 0 aromatic heterocycles. The Morgan fingerprint density at radius 2 is 2.00 bits per heavy atom. The van der Waals surface area contributed by atoms with E-state index in [1.165, 1.54) is 31.0 Å². The molecule has 1 rings (SSSR count). The van der Waals surface area contributed by atoms with Crippen LogP contribution in [0.2, 0.25) is 5.02 Å². The van der Waals surface area contributed by atoms with Crippen LogP contribution in [0, 0.1) is 5.82 Å². The second kappa shape index (κ2) is 9.68. The molecule has 21 heavy (non-hydrogen) atoms. The summed E-state index contributed by atoms with van der Waals surface area (Å²) in [6.07, 6.45) is 5.90.